The number of hydrogen-bond donors (Lipinski definition) is 0. The summed E-state index contributed by atoms with van der Waals surface area (Å²) in [5.74, 6) is 0. The van der Waals surface area contributed by atoms with Crippen molar-refractivity contribution in [3.05, 3.63) is 228 Å². The Balaban J connectivity index is 1.10. The second-order valence-electron chi connectivity index (χ2n) is 30.5. The standard InChI is InChI=1S/C82H86N2/c1-77(2,3)57-31-23-51(24-32-57)65-21-19-20-22-66(65)52-25-35-63(36-26-52)83(64-46-56(45-62(48-64)82(16,17)18)55-43-60(80(10,11)12)47-61(44-55)81(13,14)15)71-39-29-53-28-38-68-72(40-30-54-27-37-67(71)75(53)76(54)68)84-73-41-33-58(78(4,5)6)49-69(73)70-50-59(79(7,8)9)34-42-74(70)84/h19-50H,1-18H3. The fourth-order valence-electron chi connectivity index (χ4n) is 12.7. The van der Waals surface area contributed by atoms with Crippen LogP contribution in [-0.2, 0) is 32.5 Å². The average molecular weight is 1100 g/mol. The molecule has 424 valence electrons. The summed E-state index contributed by atoms with van der Waals surface area (Å²) in [5, 5.41) is 10.1. The van der Waals surface area contributed by atoms with Gasteiger partial charge in [0.2, 0.25) is 0 Å². The number of rotatable bonds is 7. The molecule has 0 amide bonds. The highest BCUT2D eigenvalue weighted by atomic mass is 15.1. The van der Waals surface area contributed by atoms with Gasteiger partial charge >= 0.3 is 0 Å². The Morgan fingerprint density at radius 1 is 0.274 bits per heavy atom. The second kappa shape index (κ2) is 19.8. The van der Waals surface area contributed by atoms with Crippen molar-refractivity contribution in [1.29, 1.82) is 0 Å². The van der Waals surface area contributed by atoms with Gasteiger partial charge in [-0.05, 0) is 181 Å². The molecule has 0 saturated carbocycles. The van der Waals surface area contributed by atoms with Crippen LogP contribution in [0.25, 0.3) is 93.2 Å². The van der Waals surface area contributed by atoms with E-state index in [4.69, 9.17) is 0 Å². The van der Waals surface area contributed by atoms with Crippen molar-refractivity contribution in [2.24, 2.45) is 0 Å². The van der Waals surface area contributed by atoms with Crippen molar-refractivity contribution in [3.63, 3.8) is 0 Å². The first-order chi connectivity index (χ1) is 39.4. The maximum Gasteiger partial charge on any atom is 0.0541 e. The van der Waals surface area contributed by atoms with Crippen molar-refractivity contribution < 1.29 is 0 Å². The van der Waals surface area contributed by atoms with Crippen LogP contribution < -0.4 is 4.90 Å². The summed E-state index contributed by atoms with van der Waals surface area (Å²) in [6.07, 6.45) is 0. The van der Waals surface area contributed by atoms with Crippen LogP contribution in [0.15, 0.2) is 194 Å². The first kappa shape index (κ1) is 56.5. The largest absolute Gasteiger partial charge is 0.310 e. The van der Waals surface area contributed by atoms with Crippen LogP contribution in [-0.4, -0.2) is 4.57 Å². The molecule has 0 spiro atoms. The number of aromatic nitrogens is 1. The molecule has 0 bridgehead atoms. The minimum atomic E-state index is -0.141. The normalized spacial score (nSPS) is 13.1. The molecule has 1 heterocycles. The number of anilines is 3. The molecule has 1 aromatic heterocycles. The highest BCUT2D eigenvalue weighted by Crippen LogP contribution is 2.49. The lowest BCUT2D eigenvalue weighted by Gasteiger charge is -2.31. The minimum absolute atomic E-state index is 0.0123. The summed E-state index contributed by atoms with van der Waals surface area (Å²) >= 11 is 0. The van der Waals surface area contributed by atoms with Gasteiger partial charge in [0, 0.05) is 32.9 Å². The second-order valence-corrected chi connectivity index (χ2v) is 30.5. The molecule has 2 nitrogen and oxygen atoms in total. The van der Waals surface area contributed by atoms with Crippen LogP contribution in [0.5, 0.6) is 0 Å². The van der Waals surface area contributed by atoms with E-state index >= 15 is 0 Å². The lowest BCUT2D eigenvalue weighted by molar-refractivity contribution is 0.569. The average Bonchev–Trinajstić information content (AvgIpc) is 1.72. The first-order valence-electron chi connectivity index (χ1n) is 30.6. The molecule has 0 aliphatic carbocycles. The minimum Gasteiger partial charge on any atom is -0.310 e. The van der Waals surface area contributed by atoms with E-state index in [1.54, 1.807) is 0 Å². The Kier molecular flexibility index (Phi) is 13.4. The molecule has 0 unspecified atom stereocenters. The maximum absolute atomic E-state index is 2.55. The van der Waals surface area contributed by atoms with Gasteiger partial charge in [0.15, 0.2) is 0 Å². The van der Waals surface area contributed by atoms with Gasteiger partial charge < -0.3 is 9.47 Å². The molecule has 84 heavy (non-hydrogen) atoms. The monoisotopic (exact) mass is 1100 g/mol. The SMILES string of the molecule is CC(C)(C)c1ccc(-c2ccccc2-c2ccc(N(c3cc(-c4cc(C(C)(C)C)cc(C(C)(C)C)c4)cc(C(C)(C)C)c3)c3ccc4ccc5c(-n6c7ccc(C(C)(C)C)cc7c7cc(C(C)(C)C)ccc76)ccc6ccc3c4c65)cc2)cc1. The van der Waals surface area contributed by atoms with Crippen LogP contribution in [0.1, 0.15) is 158 Å². The van der Waals surface area contributed by atoms with Gasteiger partial charge in [0.05, 0.1) is 22.4 Å². The highest BCUT2D eigenvalue weighted by molar-refractivity contribution is 6.27. The van der Waals surface area contributed by atoms with E-state index in [0.717, 1.165) is 17.1 Å². The van der Waals surface area contributed by atoms with Crippen LogP contribution in [0, 0.1) is 0 Å². The Labute approximate surface area is 501 Å². The molecular formula is C82H86N2. The zero-order valence-corrected chi connectivity index (χ0v) is 53.4. The molecule has 0 atom stereocenters. The fourth-order valence-corrected chi connectivity index (χ4v) is 12.7. The van der Waals surface area contributed by atoms with E-state index in [9.17, 15) is 0 Å². The third kappa shape index (κ3) is 10.2. The summed E-state index contributed by atoms with van der Waals surface area (Å²) in [6, 6.07) is 75.5. The quantitative estimate of drug-likeness (QED) is 0.144. The van der Waals surface area contributed by atoms with E-state index in [-0.39, 0.29) is 32.5 Å². The summed E-state index contributed by atoms with van der Waals surface area (Å²) in [5.41, 5.74) is 22.3. The predicted molar refractivity (Wildman–Crippen MR) is 368 cm³/mol. The van der Waals surface area contributed by atoms with Crippen LogP contribution in [0.2, 0.25) is 0 Å². The first-order valence-corrected chi connectivity index (χ1v) is 30.6. The van der Waals surface area contributed by atoms with E-state index in [2.05, 4.69) is 328 Å². The Morgan fingerprint density at radius 2 is 0.679 bits per heavy atom. The third-order valence-electron chi connectivity index (χ3n) is 18.1. The van der Waals surface area contributed by atoms with Crippen LogP contribution in [0.3, 0.4) is 0 Å². The maximum atomic E-state index is 2.55. The number of fused-ring (bicyclic) bond motifs is 3. The Hall–Kier alpha value is -7.94. The van der Waals surface area contributed by atoms with Crippen molar-refractivity contribution in [2.75, 3.05) is 4.90 Å². The topological polar surface area (TPSA) is 8.17 Å². The van der Waals surface area contributed by atoms with Crippen LogP contribution >= 0.6 is 0 Å². The third-order valence-corrected chi connectivity index (χ3v) is 18.1. The fraction of sp³-hybridized carbons (Fsp3) is 0.293. The molecule has 0 N–H and O–H groups in total. The van der Waals surface area contributed by atoms with Gasteiger partial charge in [-0.25, -0.2) is 0 Å². The van der Waals surface area contributed by atoms with Gasteiger partial charge in [0.25, 0.3) is 0 Å². The molecule has 0 aliphatic heterocycles. The summed E-state index contributed by atoms with van der Waals surface area (Å²) in [7, 11) is 0. The van der Waals surface area contributed by atoms with Crippen molar-refractivity contribution in [3.8, 4) is 39.1 Å². The zero-order chi connectivity index (χ0) is 59.8. The number of hydrogen-bond acceptors (Lipinski definition) is 1. The lowest BCUT2D eigenvalue weighted by atomic mass is 9.78. The molecule has 11 aromatic carbocycles. The number of nitrogens with zero attached hydrogens (tertiary/aromatic N) is 2. The van der Waals surface area contributed by atoms with Gasteiger partial charge in [-0.2, -0.15) is 0 Å². The van der Waals surface area contributed by atoms with E-state index in [1.165, 1.54) is 127 Å². The summed E-state index contributed by atoms with van der Waals surface area (Å²) in [6.45, 7) is 41.9. The van der Waals surface area contributed by atoms with Gasteiger partial charge in [-0.3, -0.25) is 0 Å². The molecule has 0 aliphatic rings. The van der Waals surface area contributed by atoms with E-state index in [0.29, 0.717) is 0 Å². The van der Waals surface area contributed by atoms with Crippen molar-refractivity contribution in [1.82, 2.24) is 4.57 Å². The van der Waals surface area contributed by atoms with Crippen LogP contribution in [0.4, 0.5) is 17.1 Å². The smallest absolute Gasteiger partial charge is 0.0541 e. The zero-order valence-electron chi connectivity index (χ0n) is 53.4. The predicted octanol–water partition coefficient (Wildman–Crippen LogP) is 23.9. The molecule has 0 radical (unpaired) electrons. The van der Waals surface area contributed by atoms with Gasteiger partial charge in [0.1, 0.15) is 0 Å². The highest BCUT2D eigenvalue weighted by Gasteiger charge is 2.28. The molecule has 0 fully saturated rings. The summed E-state index contributed by atoms with van der Waals surface area (Å²) < 4.78 is 2.54. The number of benzene rings is 11. The molecule has 12 rings (SSSR count). The van der Waals surface area contributed by atoms with E-state index in [1.807, 2.05) is 0 Å². The molecule has 12 aromatic rings. The lowest BCUT2D eigenvalue weighted by Crippen LogP contribution is -2.17. The molecular weight excluding hydrogens is 1010 g/mol. The Morgan fingerprint density at radius 3 is 1.17 bits per heavy atom. The molecule has 0 saturated heterocycles. The summed E-state index contributed by atoms with van der Waals surface area (Å²) in [4.78, 5) is 2.55. The van der Waals surface area contributed by atoms with Gasteiger partial charge in [-0.1, -0.05) is 258 Å². The van der Waals surface area contributed by atoms with Crippen molar-refractivity contribution in [2.45, 2.75) is 157 Å². The van der Waals surface area contributed by atoms with E-state index < -0.39 is 0 Å². The van der Waals surface area contributed by atoms with Gasteiger partial charge in [-0.15, -0.1) is 0 Å². The molecule has 2 heteroatoms. The van der Waals surface area contributed by atoms with Crippen molar-refractivity contribution >= 4 is 71.2 Å². The Bertz CT molecular complexity index is 4390.